The highest BCUT2D eigenvalue weighted by atomic mass is 16.3. The molecule has 0 amide bonds. The molecular formula is C19H20N2O. The van der Waals surface area contributed by atoms with Crippen LogP contribution in [0.4, 0.5) is 0 Å². The highest BCUT2D eigenvalue weighted by molar-refractivity contribution is 5.73. The van der Waals surface area contributed by atoms with E-state index in [1.54, 1.807) is 0 Å². The van der Waals surface area contributed by atoms with Gasteiger partial charge >= 0.3 is 0 Å². The molecule has 0 unspecified atom stereocenters. The quantitative estimate of drug-likeness (QED) is 0.727. The first-order chi connectivity index (χ1) is 10.8. The van der Waals surface area contributed by atoms with Crippen LogP contribution in [-0.4, -0.2) is 23.0 Å². The molecule has 2 heterocycles. The van der Waals surface area contributed by atoms with Crippen molar-refractivity contribution in [2.45, 2.75) is 25.8 Å². The van der Waals surface area contributed by atoms with Gasteiger partial charge in [0.05, 0.1) is 0 Å². The minimum absolute atomic E-state index is 0.413. The fraction of sp³-hybridized carbons (Fsp3) is 0.316. The molecule has 3 nitrogen and oxygen atoms in total. The molecule has 1 atom stereocenters. The second-order valence-corrected chi connectivity index (χ2v) is 6.23. The topological polar surface area (TPSA) is 29.3 Å². The van der Waals surface area contributed by atoms with Gasteiger partial charge in [-0.05, 0) is 43.1 Å². The Hall–Kier alpha value is -2.13. The minimum atomic E-state index is 0.413. The maximum absolute atomic E-state index is 5.97. The molecule has 0 aliphatic carbocycles. The number of hydrogen-bond acceptors (Lipinski definition) is 3. The first-order valence-corrected chi connectivity index (χ1v) is 7.91. The number of likely N-dealkylation sites (tertiary alicyclic amines) is 1. The van der Waals surface area contributed by atoms with Gasteiger partial charge in [0.1, 0.15) is 5.52 Å². The van der Waals surface area contributed by atoms with E-state index >= 15 is 0 Å². The van der Waals surface area contributed by atoms with Gasteiger partial charge in [-0.2, -0.15) is 0 Å². The van der Waals surface area contributed by atoms with Gasteiger partial charge in [-0.3, -0.25) is 4.90 Å². The number of nitrogens with zero attached hydrogens (tertiary/aromatic N) is 2. The second kappa shape index (κ2) is 5.58. The van der Waals surface area contributed by atoms with Gasteiger partial charge in [-0.25, -0.2) is 4.98 Å². The molecular weight excluding hydrogens is 272 g/mol. The summed E-state index contributed by atoms with van der Waals surface area (Å²) < 4.78 is 5.97. The minimum Gasteiger partial charge on any atom is -0.440 e. The molecule has 2 aromatic carbocycles. The summed E-state index contributed by atoms with van der Waals surface area (Å²) in [5.74, 6) is 1.31. The van der Waals surface area contributed by atoms with E-state index in [9.17, 15) is 0 Å². The maximum atomic E-state index is 5.97. The normalized spacial score (nSPS) is 19.0. The van der Waals surface area contributed by atoms with Crippen LogP contribution in [0.2, 0.25) is 0 Å². The summed E-state index contributed by atoms with van der Waals surface area (Å²) in [5.41, 5.74) is 4.49. The third-order valence-electron chi connectivity index (χ3n) is 4.43. The SMILES string of the molecule is Cc1ccc2oc([C@H]3CCN(Cc4ccccc4)C3)nc2c1. The summed E-state index contributed by atoms with van der Waals surface area (Å²) in [4.78, 5) is 7.19. The lowest BCUT2D eigenvalue weighted by molar-refractivity contribution is 0.321. The summed E-state index contributed by atoms with van der Waals surface area (Å²) >= 11 is 0. The largest absolute Gasteiger partial charge is 0.440 e. The number of aryl methyl sites for hydroxylation is 1. The molecule has 0 saturated carbocycles. The molecule has 1 aliphatic rings. The van der Waals surface area contributed by atoms with Gasteiger partial charge < -0.3 is 4.42 Å². The van der Waals surface area contributed by atoms with Crippen molar-refractivity contribution >= 4 is 11.1 Å². The number of benzene rings is 2. The van der Waals surface area contributed by atoms with Crippen molar-refractivity contribution < 1.29 is 4.42 Å². The van der Waals surface area contributed by atoms with Gasteiger partial charge in [0.2, 0.25) is 0 Å². The zero-order valence-corrected chi connectivity index (χ0v) is 12.8. The van der Waals surface area contributed by atoms with E-state index in [2.05, 4.69) is 54.3 Å². The lowest BCUT2D eigenvalue weighted by atomic mass is 10.1. The van der Waals surface area contributed by atoms with E-state index in [1.807, 2.05) is 6.07 Å². The Bertz CT molecular complexity index is 778. The Morgan fingerprint density at radius 2 is 2.05 bits per heavy atom. The van der Waals surface area contributed by atoms with E-state index in [1.165, 1.54) is 11.1 Å². The average molecular weight is 292 g/mol. The number of aromatic nitrogens is 1. The lowest BCUT2D eigenvalue weighted by Gasteiger charge is -2.15. The van der Waals surface area contributed by atoms with Crippen LogP contribution >= 0.6 is 0 Å². The standard InChI is InChI=1S/C19H20N2O/c1-14-7-8-18-17(11-14)20-19(22-18)16-9-10-21(13-16)12-15-5-3-2-4-6-15/h2-8,11,16H,9-10,12-13H2,1H3/t16-/m0/s1. The van der Waals surface area contributed by atoms with Gasteiger partial charge in [0.25, 0.3) is 0 Å². The lowest BCUT2D eigenvalue weighted by Crippen LogP contribution is -2.19. The van der Waals surface area contributed by atoms with Crippen LogP contribution in [0, 0.1) is 6.92 Å². The molecule has 0 radical (unpaired) electrons. The van der Waals surface area contributed by atoms with Crippen molar-refractivity contribution in [1.29, 1.82) is 0 Å². The molecule has 112 valence electrons. The van der Waals surface area contributed by atoms with Crippen molar-refractivity contribution in [3.05, 3.63) is 65.5 Å². The van der Waals surface area contributed by atoms with Crippen LogP contribution in [0.1, 0.15) is 29.4 Å². The van der Waals surface area contributed by atoms with E-state index < -0.39 is 0 Å². The zero-order chi connectivity index (χ0) is 14.9. The van der Waals surface area contributed by atoms with Gasteiger partial charge in [-0.15, -0.1) is 0 Å². The Morgan fingerprint density at radius 1 is 1.18 bits per heavy atom. The Labute approximate surface area is 130 Å². The molecule has 1 aromatic heterocycles. The summed E-state index contributed by atoms with van der Waals surface area (Å²) in [6, 6.07) is 16.9. The van der Waals surface area contributed by atoms with Crippen LogP contribution in [0.15, 0.2) is 52.9 Å². The predicted octanol–water partition coefficient (Wildman–Crippen LogP) is 4.13. The van der Waals surface area contributed by atoms with E-state index in [-0.39, 0.29) is 0 Å². The van der Waals surface area contributed by atoms with Crippen LogP contribution in [0.5, 0.6) is 0 Å². The van der Waals surface area contributed by atoms with Crippen LogP contribution < -0.4 is 0 Å². The molecule has 0 N–H and O–H groups in total. The van der Waals surface area contributed by atoms with E-state index in [0.717, 1.165) is 43.0 Å². The van der Waals surface area contributed by atoms with Crippen molar-refractivity contribution in [2.24, 2.45) is 0 Å². The van der Waals surface area contributed by atoms with Crippen molar-refractivity contribution in [2.75, 3.05) is 13.1 Å². The summed E-state index contributed by atoms with van der Waals surface area (Å²) in [5, 5.41) is 0. The molecule has 22 heavy (non-hydrogen) atoms. The monoisotopic (exact) mass is 292 g/mol. The molecule has 0 spiro atoms. The predicted molar refractivity (Wildman–Crippen MR) is 87.8 cm³/mol. The first-order valence-electron chi connectivity index (χ1n) is 7.91. The third kappa shape index (κ3) is 2.64. The highest BCUT2D eigenvalue weighted by Crippen LogP contribution is 2.30. The van der Waals surface area contributed by atoms with Crippen molar-refractivity contribution in [1.82, 2.24) is 9.88 Å². The number of fused-ring (bicyclic) bond motifs is 1. The Balaban J connectivity index is 1.49. The molecule has 0 bridgehead atoms. The van der Waals surface area contributed by atoms with Crippen LogP contribution in [0.25, 0.3) is 11.1 Å². The summed E-state index contributed by atoms with van der Waals surface area (Å²) in [7, 11) is 0. The molecule has 3 heteroatoms. The van der Waals surface area contributed by atoms with Gasteiger partial charge in [0, 0.05) is 19.0 Å². The molecule has 4 rings (SSSR count). The van der Waals surface area contributed by atoms with Gasteiger partial charge in [-0.1, -0.05) is 36.4 Å². The van der Waals surface area contributed by atoms with Gasteiger partial charge in [0.15, 0.2) is 11.5 Å². The van der Waals surface area contributed by atoms with Crippen LogP contribution in [0.3, 0.4) is 0 Å². The van der Waals surface area contributed by atoms with Crippen molar-refractivity contribution in [3.8, 4) is 0 Å². The molecule has 3 aromatic rings. The fourth-order valence-corrected chi connectivity index (χ4v) is 3.25. The summed E-state index contributed by atoms with van der Waals surface area (Å²) in [6.45, 7) is 5.24. The van der Waals surface area contributed by atoms with E-state index in [4.69, 9.17) is 9.40 Å². The Kier molecular flexibility index (Phi) is 3.43. The number of rotatable bonds is 3. The zero-order valence-electron chi connectivity index (χ0n) is 12.8. The number of oxazole rings is 1. The molecule has 1 saturated heterocycles. The molecule has 1 fully saturated rings. The van der Waals surface area contributed by atoms with Crippen LogP contribution in [-0.2, 0) is 6.54 Å². The Morgan fingerprint density at radius 3 is 2.91 bits per heavy atom. The molecule has 1 aliphatic heterocycles. The number of hydrogen-bond donors (Lipinski definition) is 0. The first kappa shape index (κ1) is 13.5. The highest BCUT2D eigenvalue weighted by Gasteiger charge is 2.27. The fourth-order valence-electron chi connectivity index (χ4n) is 3.25. The second-order valence-electron chi connectivity index (χ2n) is 6.23. The van der Waals surface area contributed by atoms with E-state index in [0.29, 0.717) is 5.92 Å². The third-order valence-corrected chi connectivity index (χ3v) is 4.43. The van der Waals surface area contributed by atoms with Crippen molar-refractivity contribution in [3.63, 3.8) is 0 Å². The summed E-state index contributed by atoms with van der Waals surface area (Å²) in [6.07, 6.45) is 1.12. The smallest absolute Gasteiger partial charge is 0.199 e. The average Bonchev–Trinajstić information content (AvgIpc) is 3.14. The maximum Gasteiger partial charge on any atom is 0.199 e.